The molecule has 0 radical (unpaired) electrons. The molecule has 0 amide bonds. The molecule has 1 N–H and O–H groups in total. The zero-order chi connectivity index (χ0) is 12.9. The Kier molecular flexibility index (Phi) is 5.42. The first-order chi connectivity index (χ1) is 7.95. The summed E-state index contributed by atoms with van der Waals surface area (Å²) in [5.74, 6) is -0.444. The van der Waals surface area contributed by atoms with Crippen LogP contribution in [-0.2, 0) is 10.0 Å². The Bertz CT molecular complexity index is 445. The maximum atomic E-state index is 12.7. The van der Waals surface area contributed by atoms with Crippen molar-refractivity contribution in [3.8, 4) is 0 Å². The molecule has 3 nitrogen and oxygen atoms in total. The molecule has 1 unspecified atom stereocenters. The SMILES string of the molecule is CSC(C)CCNS(=O)(=O)c1ccc(F)cc1. The number of halogens is 1. The lowest BCUT2D eigenvalue weighted by molar-refractivity contribution is 0.578. The zero-order valence-electron chi connectivity index (χ0n) is 9.81. The molecular weight excluding hydrogens is 261 g/mol. The van der Waals surface area contributed by atoms with Gasteiger partial charge in [0.25, 0.3) is 0 Å². The molecule has 0 saturated carbocycles. The van der Waals surface area contributed by atoms with E-state index in [0.29, 0.717) is 11.8 Å². The molecule has 0 fully saturated rings. The van der Waals surface area contributed by atoms with Crippen LogP contribution in [0.15, 0.2) is 29.2 Å². The largest absolute Gasteiger partial charge is 0.240 e. The fraction of sp³-hybridized carbons (Fsp3) is 0.455. The number of nitrogens with one attached hydrogen (secondary N) is 1. The summed E-state index contributed by atoms with van der Waals surface area (Å²) in [6, 6.07) is 4.80. The van der Waals surface area contributed by atoms with Crippen molar-refractivity contribution in [3.63, 3.8) is 0 Å². The predicted molar refractivity (Wildman–Crippen MR) is 69.2 cm³/mol. The number of thioether (sulfide) groups is 1. The molecule has 0 aliphatic heterocycles. The molecular formula is C11H16FNO2S2. The van der Waals surface area contributed by atoms with Gasteiger partial charge in [-0.15, -0.1) is 0 Å². The molecule has 0 aromatic heterocycles. The molecule has 6 heteroatoms. The van der Waals surface area contributed by atoms with Gasteiger partial charge in [0.15, 0.2) is 0 Å². The summed E-state index contributed by atoms with van der Waals surface area (Å²) < 4.78 is 38.7. The predicted octanol–water partition coefficient (Wildman–Crippen LogP) is 2.25. The monoisotopic (exact) mass is 277 g/mol. The number of hydrogen-bond donors (Lipinski definition) is 1. The first kappa shape index (κ1) is 14.5. The van der Waals surface area contributed by atoms with Gasteiger partial charge in [0, 0.05) is 11.8 Å². The minimum absolute atomic E-state index is 0.0932. The minimum atomic E-state index is -3.51. The van der Waals surface area contributed by atoms with Crippen molar-refractivity contribution in [2.45, 2.75) is 23.5 Å². The van der Waals surface area contributed by atoms with E-state index in [-0.39, 0.29) is 4.90 Å². The highest BCUT2D eigenvalue weighted by Crippen LogP contribution is 2.11. The molecule has 1 aromatic rings. The van der Waals surface area contributed by atoms with Crippen LogP contribution in [-0.4, -0.2) is 26.5 Å². The molecule has 0 bridgehead atoms. The van der Waals surface area contributed by atoms with Crippen molar-refractivity contribution in [1.29, 1.82) is 0 Å². The lowest BCUT2D eigenvalue weighted by Gasteiger charge is -2.09. The number of benzene rings is 1. The maximum absolute atomic E-state index is 12.7. The number of hydrogen-bond acceptors (Lipinski definition) is 3. The molecule has 0 aliphatic rings. The quantitative estimate of drug-likeness (QED) is 0.867. The summed E-state index contributed by atoms with van der Waals surface area (Å²) in [6.45, 7) is 2.43. The molecule has 17 heavy (non-hydrogen) atoms. The van der Waals surface area contributed by atoms with Crippen molar-refractivity contribution >= 4 is 21.8 Å². The second kappa shape index (κ2) is 6.37. The summed E-state index contributed by atoms with van der Waals surface area (Å²) in [4.78, 5) is 0.0932. The van der Waals surface area contributed by atoms with Gasteiger partial charge in [0.2, 0.25) is 10.0 Å². The number of rotatable bonds is 6. The Hall–Kier alpha value is -0.590. The van der Waals surface area contributed by atoms with Gasteiger partial charge < -0.3 is 0 Å². The van der Waals surface area contributed by atoms with Crippen molar-refractivity contribution in [2.24, 2.45) is 0 Å². The van der Waals surface area contributed by atoms with Crippen LogP contribution in [0.25, 0.3) is 0 Å². The lowest BCUT2D eigenvalue weighted by Crippen LogP contribution is -2.26. The van der Waals surface area contributed by atoms with Crippen LogP contribution in [0.3, 0.4) is 0 Å². The summed E-state index contributed by atoms with van der Waals surface area (Å²) in [5, 5.41) is 0.408. The molecule has 96 valence electrons. The van der Waals surface area contributed by atoms with Crippen LogP contribution >= 0.6 is 11.8 Å². The average molecular weight is 277 g/mol. The van der Waals surface area contributed by atoms with Crippen LogP contribution in [0.2, 0.25) is 0 Å². The van der Waals surface area contributed by atoms with E-state index in [0.717, 1.165) is 18.6 Å². The highest BCUT2D eigenvalue weighted by molar-refractivity contribution is 7.99. The van der Waals surface area contributed by atoms with E-state index in [2.05, 4.69) is 4.72 Å². The first-order valence-electron chi connectivity index (χ1n) is 5.24. The fourth-order valence-electron chi connectivity index (χ4n) is 1.21. The fourth-order valence-corrected chi connectivity index (χ4v) is 2.61. The highest BCUT2D eigenvalue weighted by atomic mass is 32.2. The molecule has 0 aliphatic carbocycles. The molecule has 1 aromatic carbocycles. The first-order valence-corrected chi connectivity index (χ1v) is 8.01. The van der Waals surface area contributed by atoms with Gasteiger partial charge in [-0.25, -0.2) is 17.5 Å². The molecule has 1 rings (SSSR count). The Morgan fingerprint density at radius 2 is 1.94 bits per heavy atom. The summed E-state index contributed by atoms with van der Waals surface area (Å²) >= 11 is 1.69. The van der Waals surface area contributed by atoms with Gasteiger partial charge in [0.1, 0.15) is 5.82 Å². The van der Waals surface area contributed by atoms with E-state index >= 15 is 0 Å². The van der Waals surface area contributed by atoms with Crippen molar-refractivity contribution in [1.82, 2.24) is 4.72 Å². The van der Waals surface area contributed by atoms with E-state index in [1.165, 1.54) is 12.1 Å². The van der Waals surface area contributed by atoms with E-state index in [1.807, 2.05) is 13.2 Å². The Morgan fingerprint density at radius 1 is 1.35 bits per heavy atom. The second-order valence-corrected chi connectivity index (χ2v) is 6.73. The topological polar surface area (TPSA) is 46.2 Å². The second-order valence-electron chi connectivity index (χ2n) is 3.69. The van der Waals surface area contributed by atoms with Gasteiger partial charge in [-0.05, 0) is 36.9 Å². The minimum Gasteiger partial charge on any atom is -0.211 e. The number of sulfonamides is 1. The van der Waals surface area contributed by atoms with Gasteiger partial charge in [0.05, 0.1) is 4.90 Å². The van der Waals surface area contributed by atoms with Gasteiger partial charge in [-0.2, -0.15) is 11.8 Å². The summed E-state index contributed by atoms with van der Waals surface area (Å²) in [7, 11) is -3.51. The van der Waals surface area contributed by atoms with Crippen LogP contribution in [0.1, 0.15) is 13.3 Å². The summed E-state index contributed by atoms with van der Waals surface area (Å²) in [6.07, 6.45) is 2.75. The van der Waals surface area contributed by atoms with Crippen molar-refractivity contribution in [3.05, 3.63) is 30.1 Å². The van der Waals surface area contributed by atoms with Crippen LogP contribution < -0.4 is 4.72 Å². The van der Waals surface area contributed by atoms with E-state index < -0.39 is 15.8 Å². The van der Waals surface area contributed by atoms with E-state index in [1.54, 1.807) is 11.8 Å². The van der Waals surface area contributed by atoms with Gasteiger partial charge in [-0.1, -0.05) is 6.92 Å². The van der Waals surface area contributed by atoms with E-state index in [9.17, 15) is 12.8 Å². The third kappa shape index (κ3) is 4.65. The van der Waals surface area contributed by atoms with Crippen LogP contribution in [0.4, 0.5) is 4.39 Å². The van der Waals surface area contributed by atoms with Crippen molar-refractivity contribution in [2.75, 3.05) is 12.8 Å². The molecule has 0 saturated heterocycles. The average Bonchev–Trinajstić information content (AvgIpc) is 2.29. The lowest BCUT2D eigenvalue weighted by atomic mass is 10.3. The normalized spacial score (nSPS) is 13.6. The van der Waals surface area contributed by atoms with Gasteiger partial charge in [-0.3, -0.25) is 0 Å². The molecule has 0 heterocycles. The third-order valence-corrected chi connectivity index (χ3v) is 4.89. The van der Waals surface area contributed by atoms with E-state index in [4.69, 9.17) is 0 Å². The zero-order valence-corrected chi connectivity index (χ0v) is 11.4. The van der Waals surface area contributed by atoms with Crippen LogP contribution in [0.5, 0.6) is 0 Å². The highest BCUT2D eigenvalue weighted by Gasteiger charge is 2.13. The maximum Gasteiger partial charge on any atom is 0.240 e. The van der Waals surface area contributed by atoms with Gasteiger partial charge >= 0.3 is 0 Å². The Balaban J connectivity index is 2.60. The smallest absolute Gasteiger partial charge is 0.211 e. The standard InChI is InChI=1S/C11H16FNO2S2/c1-9(16-2)7-8-13-17(14,15)11-5-3-10(12)4-6-11/h3-6,9,13H,7-8H2,1-2H3. The van der Waals surface area contributed by atoms with Crippen LogP contribution in [0, 0.1) is 5.82 Å². The molecule has 1 atom stereocenters. The third-order valence-electron chi connectivity index (χ3n) is 2.37. The Labute approximate surface area is 106 Å². The Morgan fingerprint density at radius 3 is 2.47 bits per heavy atom. The molecule has 0 spiro atoms. The van der Waals surface area contributed by atoms with Crippen molar-refractivity contribution < 1.29 is 12.8 Å². The summed E-state index contributed by atoms with van der Waals surface area (Å²) in [5.41, 5.74) is 0.